The lowest BCUT2D eigenvalue weighted by atomic mass is 10.1. The summed E-state index contributed by atoms with van der Waals surface area (Å²) < 4.78 is 0. The minimum absolute atomic E-state index is 0. The molecule has 1 atom stereocenters. The SMILES string of the molecule is CC(C)(N)CNC(=O)[C@@H]1CSC(=O)N1.Cl. The largest absolute Gasteiger partial charge is 0.352 e. The lowest BCUT2D eigenvalue weighted by Gasteiger charge is -2.20. The summed E-state index contributed by atoms with van der Waals surface area (Å²) in [5, 5.41) is 5.11. The van der Waals surface area contributed by atoms with Crippen LogP contribution in [-0.2, 0) is 4.79 Å². The number of hydrogen-bond acceptors (Lipinski definition) is 4. The van der Waals surface area contributed by atoms with E-state index in [2.05, 4.69) is 10.6 Å². The molecule has 0 aromatic rings. The standard InChI is InChI=1S/C8H15N3O2S.ClH/c1-8(2,9)4-10-6(12)5-3-14-7(13)11-5;/h5H,3-4,9H2,1-2H3,(H,10,12)(H,11,13);1H/t5-;/m0./s1. The van der Waals surface area contributed by atoms with Gasteiger partial charge < -0.3 is 16.4 Å². The molecule has 0 unspecified atom stereocenters. The molecular weight excluding hydrogens is 238 g/mol. The minimum Gasteiger partial charge on any atom is -0.352 e. The zero-order valence-corrected chi connectivity index (χ0v) is 10.3. The van der Waals surface area contributed by atoms with Crippen LogP contribution in [0.1, 0.15) is 13.8 Å². The van der Waals surface area contributed by atoms with Crippen molar-refractivity contribution in [1.29, 1.82) is 0 Å². The first-order valence-corrected chi connectivity index (χ1v) is 5.37. The zero-order chi connectivity index (χ0) is 10.8. The van der Waals surface area contributed by atoms with Gasteiger partial charge in [0.2, 0.25) is 5.91 Å². The molecule has 1 rings (SSSR count). The summed E-state index contributed by atoms with van der Waals surface area (Å²) in [4.78, 5) is 22.2. The molecule has 0 aromatic heterocycles. The van der Waals surface area contributed by atoms with Crippen LogP contribution in [0, 0.1) is 0 Å². The third-order valence-electron chi connectivity index (χ3n) is 1.71. The maximum absolute atomic E-state index is 11.4. The maximum Gasteiger partial charge on any atom is 0.279 e. The highest BCUT2D eigenvalue weighted by Gasteiger charge is 2.28. The molecule has 1 heterocycles. The van der Waals surface area contributed by atoms with Crippen LogP contribution in [0.4, 0.5) is 4.79 Å². The first kappa shape index (κ1) is 14.5. The zero-order valence-electron chi connectivity index (χ0n) is 8.70. The van der Waals surface area contributed by atoms with Crippen LogP contribution in [0.15, 0.2) is 0 Å². The predicted octanol–water partition coefficient (Wildman–Crippen LogP) is 0.0867. The molecule has 5 nitrogen and oxygen atoms in total. The van der Waals surface area contributed by atoms with Crippen molar-refractivity contribution in [2.24, 2.45) is 5.73 Å². The van der Waals surface area contributed by atoms with Gasteiger partial charge in [-0.3, -0.25) is 9.59 Å². The van der Waals surface area contributed by atoms with Crippen LogP contribution in [0.2, 0.25) is 0 Å². The minimum atomic E-state index is -0.425. The Morgan fingerprint density at radius 3 is 2.73 bits per heavy atom. The molecule has 1 aliphatic rings. The fourth-order valence-corrected chi connectivity index (χ4v) is 1.74. The van der Waals surface area contributed by atoms with Gasteiger partial charge in [0.15, 0.2) is 0 Å². The van der Waals surface area contributed by atoms with Crippen molar-refractivity contribution in [2.45, 2.75) is 25.4 Å². The second kappa shape index (κ2) is 5.58. The number of carbonyl (C=O) groups excluding carboxylic acids is 2. The second-order valence-electron chi connectivity index (χ2n) is 4.00. The molecule has 88 valence electrons. The number of nitrogens with two attached hydrogens (primary N) is 1. The van der Waals surface area contributed by atoms with Crippen molar-refractivity contribution in [2.75, 3.05) is 12.3 Å². The molecule has 0 aromatic carbocycles. The van der Waals surface area contributed by atoms with Gasteiger partial charge in [0.05, 0.1) is 0 Å². The van der Waals surface area contributed by atoms with Crippen LogP contribution >= 0.6 is 24.2 Å². The van der Waals surface area contributed by atoms with Crippen LogP contribution < -0.4 is 16.4 Å². The van der Waals surface area contributed by atoms with E-state index in [1.807, 2.05) is 13.8 Å². The normalized spacial score (nSPS) is 20.5. The lowest BCUT2D eigenvalue weighted by Crippen LogP contribution is -2.50. The van der Waals surface area contributed by atoms with E-state index >= 15 is 0 Å². The van der Waals surface area contributed by atoms with Gasteiger partial charge in [-0.05, 0) is 13.8 Å². The van der Waals surface area contributed by atoms with E-state index in [1.54, 1.807) is 0 Å². The van der Waals surface area contributed by atoms with Crippen molar-refractivity contribution in [3.05, 3.63) is 0 Å². The van der Waals surface area contributed by atoms with Gasteiger partial charge in [0.25, 0.3) is 5.24 Å². The summed E-state index contributed by atoms with van der Waals surface area (Å²) in [5.41, 5.74) is 5.28. The van der Waals surface area contributed by atoms with Crippen LogP contribution in [0.3, 0.4) is 0 Å². The summed E-state index contributed by atoms with van der Waals surface area (Å²) in [6, 6.07) is -0.408. The smallest absolute Gasteiger partial charge is 0.279 e. The fraction of sp³-hybridized carbons (Fsp3) is 0.750. The van der Waals surface area contributed by atoms with E-state index < -0.39 is 11.6 Å². The third kappa shape index (κ3) is 5.25. The highest BCUT2D eigenvalue weighted by molar-refractivity contribution is 8.14. The van der Waals surface area contributed by atoms with Gasteiger partial charge in [-0.1, -0.05) is 11.8 Å². The monoisotopic (exact) mass is 253 g/mol. The predicted molar refractivity (Wildman–Crippen MR) is 63.3 cm³/mol. The Bertz CT molecular complexity index is 255. The second-order valence-corrected chi connectivity index (χ2v) is 4.99. The molecule has 1 saturated heterocycles. The van der Waals surface area contributed by atoms with E-state index in [-0.39, 0.29) is 23.6 Å². The molecule has 4 N–H and O–H groups in total. The van der Waals surface area contributed by atoms with Crippen molar-refractivity contribution >= 4 is 35.3 Å². The number of thioether (sulfide) groups is 1. The van der Waals surface area contributed by atoms with Gasteiger partial charge in [-0.2, -0.15) is 0 Å². The Morgan fingerprint density at radius 1 is 1.73 bits per heavy atom. The van der Waals surface area contributed by atoms with Gasteiger partial charge in [0.1, 0.15) is 6.04 Å². The first-order valence-electron chi connectivity index (χ1n) is 4.38. The molecule has 1 fully saturated rings. The fourth-order valence-electron chi connectivity index (χ4n) is 0.964. The highest BCUT2D eigenvalue weighted by Crippen LogP contribution is 2.12. The van der Waals surface area contributed by atoms with Crippen molar-refractivity contribution < 1.29 is 9.59 Å². The maximum atomic E-state index is 11.4. The Kier molecular flexibility index (Phi) is 5.41. The van der Waals surface area contributed by atoms with Crippen molar-refractivity contribution in [3.63, 3.8) is 0 Å². The summed E-state index contributed by atoms with van der Waals surface area (Å²) in [7, 11) is 0. The molecule has 1 aliphatic heterocycles. The van der Waals surface area contributed by atoms with Gasteiger partial charge in [-0.25, -0.2) is 0 Å². The van der Waals surface area contributed by atoms with Crippen molar-refractivity contribution in [1.82, 2.24) is 10.6 Å². The molecule has 0 aliphatic carbocycles. The highest BCUT2D eigenvalue weighted by atomic mass is 35.5. The van der Waals surface area contributed by atoms with E-state index in [4.69, 9.17) is 5.73 Å². The first-order chi connectivity index (χ1) is 6.38. The lowest BCUT2D eigenvalue weighted by molar-refractivity contribution is -0.122. The number of rotatable bonds is 3. The Hall–Kier alpha value is -0.460. The average Bonchev–Trinajstić information content (AvgIpc) is 2.46. The number of carbonyl (C=O) groups is 2. The van der Waals surface area contributed by atoms with Gasteiger partial charge >= 0.3 is 0 Å². The Balaban J connectivity index is 0.00000196. The molecule has 0 saturated carbocycles. The number of amides is 2. The third-order valence-corrected chi connectivity index (χ3v) is 2.59. The summed E-state index contributed by atoms with van der Waals surface area (Å²) in [6.07, 6.45) is 0. The summed E-state index contributed by atoms with van der Waals surface area (Å²) in [6.45, 7) is 4.06. The number of hydrogen-bond donors (Lipinski definition) is 3. The summed E-state index contributed by atoms with van der Waals surface area (Å²) >= 11 is 1.12. The van der Waals surface area contributed by atoms with E-state index in [0.717, 1.165) is 11.8 Å². The van der Waals surface area contributed by atoms with Crippen LogP contribution in [0.25, 0.3) is 0 Å². The van der Waals surface area contributed by atoms with Gasteiger partial charge in [-0.15, -0.1) is 12.4 Å². The summed E-state index contributed by atoms with van der Waals surface area (Å²) in [5.74, 6) is 0.331. The molecule has 2 amide bonds. The number of nitrogens with one attached hydrogen (secondary N) is 2. The van der Waals surface area contributed by atoms with E-state index in [0.29, 0.717) is 12.3 Å². The molecule has 7 heteroatoms. The van der Waals surface area contributed by atoms with E-state index in [9.17, 15) is 9.59 Å². The van der Waals surface area contributed by atoms with Crippen LogP contribution in [-0.4, -0.2) is 35.0 Å². The Morgan fingerprint density at radius 2 is 2.33 bits per heavy atom. The number of halogens is 1. The molecule has 0 bridgehead atoms. The van der Waals surface area contributed by atoms with Crippen molar-refractivity contribution in [3.8, 4) is 0 Å². The molecule has 15 heavy (non-hydrogen) atoms. The molecule has 0 radical (unpaired) electrons. The van der Waals surface area contributed by atoms with Crippen LogP contribution in [0.5, 0.6) is 0 Å². The molecular formula is C8H16ClN3O2S. The quantitative estimate of drug-likeness (QED) is 0.666. The Labute approximate surface area is 99.3 Å². The van der Waals surface area contributed by atoms with E-state index in [1.165, 1.54) is 0 Å². The topological polar surface area (TPSA) is 84.2 Å². The molecule has 0 spiro atoms. The average molecular weight is 254 g/mol. The van der Waals surface area contributed by atoms with Gasteiger partial charge in [0, 0.05) is 17.8 Å².